The summed E-state index contributed by atoms with van der Waals surface area (Å²) in [5.41, 5.74) is 10.2. The first kappa shape index (κ1) is 13.1. The number of carbonyl (C=O) groups is 1. The molecule has 0 bridgehead atoms. The van der Waals surface area contributed by atoms with Gasteiger partial charge in [0.05, 0.1) is 11.4 Å². The summed E-state index contributed by atoms with van der Waals surface area (Å²) in [5, 5.41) is 9.64. The van der Waals surface area contributed by atoms with Gasteiger partial charge in [-0.3, -0.25) is 9.89 Å². The van der Waals surface area contributed by atoms with Crippen molar-refractivity contribution in [1.82, 2.24) is 10.2 Å². The van der Waals surface area contributed by atoms with Crippen LogP contribution in [0.2, 0.25) is 0 Å². The van der Waals surface area contributed by atoms with Gasteiger partial charge in [0, 0.05) is 5.69 Å². The van der Waals surface area contributed by atoms with Crippen LogP contribution in [0.3, 0.4) is 0 Å². The number of aromatic nitrogens is 2. The summed E-state index contributed by atoms with van der Waals surface area (Å²) in [5.74, 6) is -0.286. The van der Waals surface area contributed by atoms with Crippen molar-refractivity contribution in [3.8, 4) is 0 Å². The molecule has 0 aliphatic rings. The van der Waals surface area contributed by atoms with Crippen LogP contribution in [0.4, 0.5) is 11.4 Å². The maximum Gasteiger partial charge on any atom is 0.278 e. The van der Waals surface area contributed by atoms with Crippen molar-refractivity contribution < 1.29 is 4.79 Å². The Hall–Kier alpha value is -2.30. The Morgan fingerprint density at radius 2 is 2.00 bits per heavy atom. The van der Waals surface area contributed by atoms with Crippen LogP contribution >= 0.6 is 0 Å². The quantitative estimate of drug-likeness (QED) is 0.790. The molecule has 0 radical (unpaired) electrons. The van der Waals surface area contributed by atoms with Crippen LogP contribution in [0, 0.1) is 13.8 Å². The second kappa shape index (κ2) is 5.14. The maximum absolute atomic E-state index is 12.2. The zero-order valence-electron chi connectivity index (χ0n) is 11.4. The number of benzene rings is 1. The standard InChI is InChI=1S/C14H18N4O/c1-4-10-11(15)13(18-17-10)14(19)16-12-8(2)6-5-7-9(12)3/h5-7H,4,15H2,1-3H3,(H,16,19)(H,17,18). The molecule has 0 fully saturated rings. The van der Waals surface area contributed by atoms with Gasteiger partial charge in [-0.05, 0) is 31.4 Å². The number of nitrogens with two attached hydrogens (primary N) is 1. The Bertz CT molecular complexity index is 596. The van der Waals surface area contributed by atoms with E-state index >= 15 is 0 Å². The van der Waals surface area contributed by atoms with Crippen molar-refractivity contribution in [2.45, 2.75) is 27.2 Å². The molecule has 1 aromatic heterocycles. The van der Waals surface area contributed by atoms with Crippen LogP contribution in [0.5, 0.6) is 0 Å². The molecule has 1 aromatic carbocycles. The summed E-state index contributed by atoms with van der Waals surface area (Å²) in [6, 6.07) is 5.86. The fourth-order valence-electron chi connectivity index (χ4n) is 2.01. The molecule has 2 aromatic rings. The molecule has 5 heteroatoms. The summed E-state index contributed by atoms with van der Waals surface area (Å²) in [4.78, 5) is 12.2. The maximum atomic E-state index is 12.2. The Labute approximate surface area is 112 Å². The molecule has 0 atom stereocenters. The van der Waals surface area contributed by atoms with Gasteiger partial charge in [0.1, 0.15) is 0 Å². The largest absolute Gasteiger partial charge is 0.395 e. The number of nitrogen functional groups attached to an aromatic ring is 1. The number of amides is 1. The monoisotopic (exact) mass is 258 g/mol. The molecule has 0 aliphatic heterocycles. The highest BCUT2D eigenvalue weighted by atomic mass is 16.2. The molecule has 100 valence electrons. The molecule has 2 rings (SSSR count). The average Bonchev–Trinajstić information content (AvgIpc) is 2.75. The van der Waals surface area contributed by atoms with Gasteiger partial charge < -0.3 is 11.1 Å². The van der Waals surface area contributed by atoms with Crippen molar-refractivity contribution in [2.75, 3.05) is 11.1 Å². The predicted molar refractivity (Wildman–Crippen MR) is 76.2 cm³/mol. The second-order valence-corrected chi connectivity index (χ2v) is 4.54. The Kier molecular flexibility index (Phi) is 3.55. The van der Waals surface area contributed by atoms with Crippen LogP contribution in [-0.2, 0) is 6.42 Å². The minimum atomic E-state index is -0.286. The molecule has 1 heterocycles. The molecule has 1 amide bonds. The van der Waals surface area contributed by atoms with E-state index in [1.807, 2.05) is 39.0 Å². The van der Waals surface area contributed by atoms with Gasteiger partial charge in [0.15, 0.2) is 5.69 Å². The summed E-state index contributed by atoms with van der Waals surface area (Å²) in [6.07, 6.45) is 0.718. The third kappa shape index (κ3) is 2.45. The number of rotatable bonds is 3. The number of carbonyl (C=O) groups excluding carboxylic acids is 1. The first-order chi connectivity index (χ1) is 9.04. The smallest absolute Gasteiger partial charge is 0.278 e. The lowest BCUT2D eigenvalue weighted by atomic mass is 10.1. The lowest BCUT2D eigenvalue weighted by molar-refractivity contribution is 0.102. The minimum absolute atomic E-state index is 0.250. The average molecular weight is 258 g/mol. The molecule has 4 N–H and O–H groups in total. The third-order valence-electron chi connectivity index (χ3n) is 3.17. The highest BCUT2D eigenvalue weighted by molar-refractivity contribution is 6.07. The normalized spacial score (nSPS) is 10.5. The number of anilines is 2. The number of hydrogen-bond acceptors (Lipinski definition) is 3. The fraction of sp³-hybridized carbons (Fsp3) is 0.286. The lowest BCUT2D eigenvalue weighted by Gasteiger charge is -2.10. The lowest BCUT2D eigenvalue weighted by Crippen LogP contribution is -2.16. The Morgan fingerprint density at radius 3 is 2.53 bits per heavy atom. The molecule has 0 saturated heterocycles. The highest BCUT2D eigenvalue weighted by Crippen LogP contribution is 2.22. The third-order valence-corrected chi connectivity index (χ3v) is 3.17. The number of H-pyrrole nitrogens is 1. The highest BCUT2D eigenvalue weighted by Gasteiger charge is 2.17. The van der Waals surface area contributed by atoms with E-state index in [1.165, 1.54) is 0 Å². The fourth-order valence-corrected chi connectivity index (χ4v) is 2.01. The molecule has 0 saturated carbocycles. The van der Waals surface area contributed by atoms with Gasteiger partial charge in [0.25, 0.3) is 5.91 Å². The molecule has 0 unspecified atom stereocenters. The first-order valence-corrected chi connectivity index (χ1v) is 6.24. The van der Waals surface area contributed by atoms with E-state index in [-0.39, 0.29) is 11.6 Å². The molecule has 0 spiro atoms. The van der Waals surface area contributed by atoms with E-state index in [0.717, 1.165) is 28.9 Å². The molecule has 0 aliphatic carbocycles. The topological polar surface area (TPSA) is 83.8 Å². The van der Waals surface area contributed by atoms with Gasteiger partial charge in [0.2, 0.25) is 0 Å². The number of aromatic amines is 1. The zero-order valence-corrected chi connectivity index (χ0v) is 11.4. The van der Waals surface area contributed by atoms with Crippen molar-refractivity contribution in [3.63, 3.8) is 0 Å². The van der Waals surface area contributed by atoms with Gasteiger partial charge in [-0.1, -0.05) is 25.1 Å². The van der Waals surface area contributed by atoms with E-state index in [4.69, 9.17) is 5.73 Å². The Balaban J connectivity index is 2.28. The van der Waals surface area contributed by atoms with E-state index in [0.29, 0.717) is 5.69 Å². The van der Waals surface area contributed by atoms with E-state index < -0.39 is 0 Å². The van der Waals surface area contributed by atoms with Crippen LogP contribution in [-0.4, -0.2) is 16.1 Å². The van der Waals surface area contributed by atoms with Crippen LogP contribution in [0.25, 0.3) is 0 Å². The van der Waals surface area contributed by atoms with E-state index in [9.17, 15) is 4.79 Å². The van der Waals surface area contributed by atoms with Crippen molar-refractivity contribution >= 4 is 17.3 Å². The van der Waals surface area contributed by atoms with Gasteiger partial charge >= 0.3 is 0 Å². The zero-order chi connectivity index (χ0) is 14.0. The first-order valence-electron chi connectivity index (χ1n) is 6.24. The summed E-state index contributed by atoms with van der Waals surface area (Å²) in [7, 11) is 0. The van der Waals surface area contributed by atoms with Gasteiger partial charge in [-0.2, -0.15) is 5.10 Å². The van der Waals surface area contributed by atoms with Gasteiger partial charge in [-0.25, -0.2) is 0 Å². The molecule has 19 heavy (non-hydrogen) atoms. The van der Waals surface area contributed by atoms with E-state index in [1.54, 1.807) is 0 Å². The van der Waals surface area contributed by atoms with Crippen molar-refractivity contribution in [3.05, 3.63) is 40.7 Å². The van der Waals surface area contributed by atoms with Crippen molar-refractivity contribution in [1.29, 1.82) is 0 Å². The molecular formula is C14H18N4O. The summed E-state index contributed by atoms with van der Waals surface area (Å²) in [6.45, 7) is 5.86. The van der Waals surface area contributed by atoms with Crippen LogP contribution in [0.15, 0.2) is 18.2 Å². The molecule has 5 nitrogen and oxygen atoms in total. The number of aryl methyl sites for hydroxylation is 3. The number of hydrogen-bond donors (Lipinski definition) is 3. The van der Waals surface area contributed by atoms with E-state index in [2.05, 4.69) is 15.5 Å². The number of nitrogens with zero attached hydrogens (tertiary/aromatic N) is 1. The number of para-hydroxylation sites is 1. The van der Waals surface area contributed by atoms with Crippen LogP contribution < -0.4 is 11.1 Å². The van der Waals surface area contributed by atoms with Gasteiger partial charge in [-0.15, -0.1) is 0 Å². The van der Waals surface area contributed by atoms with Crippen molar-refractivity contribution in [2.24, 2.45) is 0 Å². The SMILES string of the molecule is CCc1[nH]nc(C(=O)Nc2c(C)cccc2C)c1N. The predicted octanol–water partition coefficient (Wildman–Crippen LogP) is 2.42. The second-order valence-electron chi connectivity index (χ2n) is 4.54. The molecular weight excluding hydrogens is 240 g/mol. The Morgan fingerprint density at radius 1 is 1.37 bits per heavy atom. The number of nitrogens with one attached hydrogen (secondary N) is 2. The van der Waals surface area contributed by atoms with Crippen LogP contribution in [0.1, 0.15) is 34.2 Å². The summed E-state index contributed by atoms with van der Waals surface area (Å²) < 4.78 is 0. The summed E-state index contributed by atoms with van der Waals surface area (Å²) >= 11 is 0. The minimum Gasteiger partial charge on any atom is -0.395 e.